The normalized spacial score (nSPS) is 11.9. The van der Waals surface area contributed by atoms with Crippen molar-refractivity contribution >= 4 is 22.8 Å². The summed E-state index contributed by atoms with van der Waals surface area (Å²) < 4.78 is 7.65. The van der Waals surface area contributed by atoms with Gasteiger partial charge in [0.1, 0.15) is 0 Å². The number of H-pyrrole nitrogens is 1. The standard InChI is InChI=1S/C21H17N5O7/c1-24-17-16(18(28)23-20(24)30)25(11-15(27)12-7-9-14(10-8-12)26(31)32)21(22-17)33-19(29)13-5-3-2-4-6-13/h2-10,15,27H,11H2,1H3,(H,23,28,30). The molecule has 4 aromatic rings. The van der Waals surface area contributed by atoms with Crippen LogP contribution in [-0.4, -0.2) is 35.1 Å². The van der Waals surface area contributed by atoms with Crippen LogP contribution in [0.25, 0.3) is 11.2 Å². The van der Waals surface area contributed by atoms with E-state index in [0.29, 0.717) is 5.56 Å². The van der Waals surface area contributed by atoms with E-state index in [1.54, 1.807) is 18.2 Å². The Hall–Kier alpha value is -4.58. The molecule has 0 saturated carbocycles. The number of non-ortho nitro benzene ring substituents is 1. The van der Waals surface area contributed by atoms with Crippen LogP contribution < -0.4 is 16.0 Å². The molecule has 0 bridgehead atoms. The number of esters is 1. The Morgan fingerprint density at radius 3 is 2.48 bits per heavy atom. The summed E-state index contributed by atoms with van der Waals surface area (Å²) >= 11 is 0. The van der Waals surface area contributed by atoms with Crippen molar-refractivity contribution in [2.75, 3.05) is 0 Å². The molecule has 33 heavy (non-hydrogen) atoms. The molecule has 2 aromatic heterocycles. The third-order valence-electron chi connectivity index (χ3n) is 5.01. The lowest BCUT2D eigenvalue weighted by molar-refractivity contribution is -0.384. The molecule has 0 aliphatic heterocycles. The largest absolute Gasteiger partial charge is 0.388 e. The molecular weight excluding hydrogens is 434 g/mol. The molecule has 12 heteroatoms. The van der Waals surface area contributed by atoms with E-state index in [-0.39, 0.29) is 35.0 Å². The number of hydrogen-bond acceptors (Lipinski definition) is 8. The van der Waals surface area contributed by atoms with E-state index in [1.807, 2.05) is 0 Å². The van der Waals surface area contributed by atoms with Crippen LogP contribution in [0.5, 0.6) is 6.01 Å². The van der Waals surface area contributed by atoms with Gasteiger partial charge in [0.25, 0.3) is 11.2 Å². The van der Waals surface area contributed by atoms with Crippen molar-refractivity contribution in [2.24, 2.45) is 7.05 Å². The Bertz CT molecular complexity index is 1470. The molecule has 2 N–H and O–H groups in total. The van der Waals surface area contributed by atoms with Gasteiger partial charge in [-0.25, -0.2) is 9.59 Å². The van der Waals surface area contributed by atoms with Crippen molar-refractivity contribution < 1.29 is 19.6 Å². The topological polar surface area (TPSA) is 162 Å². The first-order valence-electron chi connectivity index (χ1n) is 9.65. The fourth-order valence-corrected chi connectivity index (χ4v) is 3.27. The van der Waals surface area contributed by atoms with Gasteiger partial charge in [0, 0.05) is 19.2 Å². The zero-order chi connectivity index (χ0) is 23.7. The molecule has 1 atom stereocenters. The van der Waals surface area contributed by atoms with Crippen LogP contribution in [0.2, 0.25) is 0 Å². The molecule has 0 aliphatic carbocycles. The van der Waals surface area contributed by atoms with Gasteiger partial charge in [-0.2, -0.15) is 4.98 Å². The first kappa shape index (κ1) is 21.6. The monoisotopic (exact) mass is 451 g/mol. The average molecular weight is 451 g/mol. The maximum Gasteiger partial charge on any atom is 0.345 e. The minimum atomic E-state index is -1.24. The zero-order valence-electron chi connectivity index (χ0n) is 17.2. The van der Waals surface area contributed by atoms with Crippen molar-refractivity contribution in [1.29, 1.82) is 0 Å². The number of aromatic amines is 1. The van der Waals surface area contributed by atoms with E-state index in [2.05, 4.69) is 9.97 Å². The summed E-state index contributed by atoms with van der Waals surface area (Å²) in [4.78, 5) is 53.7. The quantitative estimate of drug-likeness (QED) is 0.252. The van der Waals surface area contributed by atoms with Crippen LogP contribution in [0.4, 0.5) is 5.69 Å². The highest BCUT2D eigenvalue weighted by Crippen LogP contribution is 2.25. The number of nitrogens with zero attached hydrogens (tertiary/aromatic N) is 4. The number of aryl methyl sites for hydroxylation is 1. The number of hydrogen-bond donors (Lipinski definition) is 2. The minimum absolute atomic E-state index is 0.0458. The predicted molar refractivity (Wildman–Crippen MR) is 115 cm³/mol. The lowest BCUT2D eigenvalue weighted by atomic mass is 10.1. The third-order valence-corrected chi connectivity index (χ3v) is 5.01. The molecule has 2 heterocycles. The number of fused-ring (bicyclic) bond motifs is 1. The molecule has 0 amide bonds. The molecule has 1 unspecified atom stereocenters. The number of aliphatic hydroxyl groups is 1. The lowest BCUT2D eigenvalue weighted by Gasteiger charge is -2.14. The average Bonchev–Trinajstić information content (AvgIpc) is 3.16. The van der Waals surface area contributed by atoms with Gasteiger partial charge in [0.15, 0.2) is 11.2 Å². The number of carbonyl (C=O) groups is 1. The van der Waals surface area contributed by atoms with Gasteiger partial charge in [-0.15, -0.1) is 0 Å². The second kappa shape index (κ2) is 8.51. The van der Waals surface area contributed by atoms with Crippen LogP contribution in [0, 0.1) is 10.1 Å². The third kappa shape index (κ3) is 4.14. The number of aromatic nitrogens is 4. The number of imidazole rings is 1. The number of rotatable bonds is 6. The predicted octanol–water partition coefficient (Wildman–Crippen LogP) is 1.28. The van der Waals surface area contributed by atoms with E-state index >= 15 is 0 Å². The second-order valence-electron chi connectivity index (χ2n) is 7.12. The van der Waals surface area contributed by atoms with Crippen molar-refractivity contribution in [1.82, 2.24) is 19.1 Å². The fourth-order valence-electron chi connectivity index (χ4n) is 3.27. The SMILES string of the molecule is Cn1c(=O)[nH]c(=O)c2c1nc(OC(=O)c1ccccc1)n2CC(O)c1ccc([N+](=O)[O-])cc1. The molecule has 12 nitrogen and oxygen atoms in total. The van der Waals surface area contributed by atoms with Crippen LogP contribution in [0.1, 0.15) is 22.0 Å². The molecule has 0 fully saturated rings. The molecule has 4 rings (SSSR count). The van der Waals surface area contributed by atoms with Crippen LogP contribution in [0.15, 0.2) is 64.2 Å². The summed E-state index contributed by atoms with van der Waals surface area (Å²) in [6.07, 6.45) is -1.24. The summed E-state index contributed by atoms with van der Waals surface area (Å²) in [7, 11) is 1.38. The van der Waals surface area contributed by atoms with E-state index in [4.69, 9.17) is 4.74 Å². The molecule has 0 aliphatic rings. The molecular formula is C21H17N5O7. The number of carbonyl (C=O) groups excluding carboxylic acids is 1. The van der Waals surface area contributed by atoms with Gasteiger partial charge in [-0.3, -0.25) is 29.0 Å². The van der Waals surface area contributed by atoms with Gasteiger partial charge in [-0.1, -0.05) is 18.2 Å². The van der Waals surface area contributed by atoms with Gasteiger partial charge in [0.05, 0.1) is 23.1 Å². The Morgan fingerprint density at radius 2 is 1.85 bits per heavy atom. The number of nitro groups is 1. The highest BCUT2D eigenvalue weighted by Gasteiger charge is 2.23. The molecule has 0 saturated heterocycles. The summed E-state index contributed by atoms with van der Waals surface area (Å²) in [6.45, 7) is -0.285. The van der Waals surface area contributed by atoms with E-state index in [1.165, 1.54) is 48.0 Å². The van der Waals surface area contributed by atoms with Crippen LogP contribution in [0.3, 0.4) is 0 Å². The number of nitrogens with one attached hydrogen (secondary N) is 1. The minimum Gasteiger partial charge on any atom is -0.388 e. The number of benzene rings is 2. The zero-order valence-corrected chi connectivity index (χ0v) is 17.2. The lowest BCUT2D eigenvalue weighted by Crippen LogP contribution is -2.29. The molecule has 0 spiro atoms. The number of aliphatic hydroxyl groups excluding tert-OH is 1. The van der Waals surface area contributed by atoms with Crippen LogP contribution in [-0.2, 0) is 13.6 Å². The van der Waals surface area contributed by atoms with E-state index in [0.717, 1.165) is 4.57 Å². The second-order valence-corrected chi connectivity index (χ2v) is 7.12. The molecule has 2 aromatic carbocycles. The van der Waals surface area contributed by atoms with Crippen molar-refractivity contribution in [2.45, 2.75) is 12.6 Å². The summed E-state index contributed by atoms with van der Waals surface area (Å²) in [5, 5.41) is 21.6. The molecule has 168 valence electrons. The first-order valence-corrected chi connectivity index (χ1v) is 9.65. The number of nitro benzene ring substituents is 1. The smallest absolute Gasteiger partial charge is 0.345 e. The Morgan fingerprint density at radius 1 is 1.18 bits per heavy atom. The van der Waals surface area contributed by atoms with Gasteiger partial charge in [-0.05, 0) is 29.8 Å². The van der Waals surface area contributed by atoms with E-state index < -0.39 is 28.2 Å². The highest BCUT2D eigenvalue weighted by atomic mass is 16.6. The fraction of sp³-hybridized carbons (Fsp3) is 0.143. The van der Waals surface area contributed by atoms with Crippen molar-refractivity contribution in [3.8, 4) is 6.01 Å². The summed E-state index contributed by atoms with van der Waals surface area (Å²) in [5.41, 5.74) is -1.22. The van der Waals surface area contributed by atoms with Gasteiger partial charge < -0.3 is 9.84 Å². The van der Waals surface area contributed by atoms with E-state index in [9.17, 15) is 29.6 Å². The van der Waals surface area contributed by atoms with Crippen molar-refractivity contribution in [3.05, 3.63) is 96.7 Å². The Balaban J connectivity index is 1.77. The number of ether oxygens (including phenoxy) is 1. The Kier molecular flexibility index (Phi) is 5.58. The van der Waals surface area contributed by atoms with Gasteiger partial charge in [0.2, 0.25) is 0 Å². The summed E-state index contributed by atoms with van der Waals surface area (Å²) in [5.74, 6) is -0.751. The van der Waals surface area contributed by atoms with Crippen molar-refractivity contribution in [3.63, 3.8) is 0 Å². The van der Waals surface area contributed by atoms with Gasteiger partial charge >= 0.3 is 17.7 Å². The molecule has 0 radical (unpaired) electrons. The first-order chi connectivity index (χ1) is 15.8. The maximum absolute atomic E-state index is 12.6. The Labute approximate surface area is 184 Å². The summed E-state index contributed by atoms with van der Waals surface area (Å²) in [6, 6.07) is 13.0. The highest BCUT2D eigenvalue weighted by molar-refractivity contribution is 5.91. The van der Waals surface area contributed by atoms with Crippen LogP contribution >= 0.6 is 0 Å². The maximum atomic E-state index is 12.6.